The number of fused-ring (bicyclic) bond motifs is 1. The molecular formula is C33H35FN8O3. The molecule has 0 spiro atoms. The topological polar surface area (TPSA) is 135 Å². The summed E-state index contributed by atoms with van der Waals surface area (Å²) >= 11 is 0. The van der Waals surface area contributed by atoms with E-state index in [1.807, 2.05) is 32.0 Å². The predicted molar refractivity (Wildman–Crippen MR) is 167 cm³/mol. The average molecular weight is 611 g/mol. The Bertz CT molecular complexity index is 1780. The Morgan fingerprint density at radius 1 is 1.16 bits per heavy atom. The van der Waals surface area contributed by atoms with Crippen LogP contribution in [0.25, 0.3) is 22.3 Å². The number of nitriles is 1. The van der Waals surface area contributed by atoms with E-state index in [0.29, 0.717) is 61.0 Å². The van der Waals surface area contributed by atoms with E-state index in [-0.39, 0.29) is 28.9 Å². The molecule has 2 N–H and O–H groups in total. The van der Waals surface area contributed by atoms with E-state index < -0.39 is 11.4 Å². The number of halogens is 1. The van der Waals surface area contributed by atoms with Crippen molar-refractivity contribution < 1.29 is 18.7 Å². The number of amides is 1. The fraction of sp³-hybridized carbons (Fsp3) is 0.364. The third kappa shape index (κ3) is 6.22. The monoisotopic (exact) mass is 610 g/mol. The van der Waals surface area contributed by atoms with E-state index in [0.717, 1.165) is 19.5 Å². The van der Waals surface area contributed by atoms with Crippen molar-refractivity contribution in [3.05, 3.63) is 72.3 Å². The molecule has 1 amide bonds. The molecule has 2 saturated heterocycles. The van der Waals surface area contributed by atoms with Crippen LogP contribution in [0.2, 0.25) is 0 Å². The van der Waals surface area contributed by atoms with Crippen molar-refractivity contribution in [1.82, 2.24) is 29.5 Å². The van der Waals surface area contributed by atoms with Crippen LogP contribution >= 0.6 is 0 Å². The first-order valence-electron chi connectivity index (χ1n) is 15.0. The van der Waals surface area contributed by atoms with Crippen LogP contribution in [0, 0.1) is 17.1 Å². The molecule has 2 aromatic heterocycles. The molecule has 4 heterocycles. The molecule has 2 fully saturated rings. The highest BCUT2D eigenvalue weighted by Gasteiger charge is 2.34. The van der Waals surface area contributed by atoms with E-state index in [1.54, 1.807) is 39.9 Å². The van der Waals surface area contributed by atoms with E-state index in [2.05, 4.69) is 20.9 Å². The van der Waals surface area contributed by atoms with Crippen LogP contribution in [0.1, 0.15) is 26.7 Å². The van der Waals surface area contributed by atoms with Crippen LogP contribution < -0.4 is 10.5 Å². The average Bonchev–Trinajstić information content (AvgIpc) is 3.66. The minimum absolute atomic E-state index is 0.107. The molecule has 0 aliphatic carbocycles. The molecule has 232 valence electrons. The summed E-state index contributed by atoms with van der Waals surface area (Å²) in [4.78, 5) is 26.3. The summed E-state index contributed by atoms with van der Waals surface area (Å²) in [6.45, 7) is 7.51. The number of para-hydroxylation sites is 1. The molecular weight excluding hydrogens is 575 g/mol. The van der Waals surface area contributed by atoms with Gasteiger partial charge in [0.1, 0.15) is 46.8 Å². The molecule has 2 aliphatic heterocycles. The molecule has 2 aliphatic rings. The third-order valence-electron chi connectivity index (χ3n) is 8.43. The van der Waals surface area contributed by atoms with Gasteiger partial charge in [-0.15, -0.1) is 0 Å². The van der Waals surface area contributed by atoms with Gasteiger partial charge in [-0.3, -0.25) is 9.69 Å². The number of nitrogens with two attached hydrogens (primary N) is 1. The van der Waals surface area contributed by atoms with Crippen molar-refractivity contribution in [2.45, 2.75) is 44.8 Å². The SMILES string of the molecule is CC(C)(/C=C(\C#N)C(=O)N1CCCC1Cn1nc(-c2ccc(Oc3ccccc3)cc2F)c2c(N)ncnc21)N1CCOCC1. The van der Waals surface area contributed by atoms with Gasteiger partial charge >= 0.3 is 0 Å². The summed E-state index contributed by atoms with van der Waals surface area (Å²) in [5, 5.41) is 15.2. The lowest BCUT2D eigenvalue weighted by molar-refractivity contribution is -0.127. The number of hydrogen-bond acceptors (Lipinski definition) is 9. The highest BCUT2D eigenvalue weighted by Crippen LogP contribution is 2.35. The van der Waals surface area contributed by atoms with Gasteiger partial charge in [-0.25, -0.2) is 19.0 Å². The molecule has 0 radical (unpaired) electrons. The quantitative estimate of drug-likeness (QED) is 0.225. The number of rotatable bonds is 8. The zero-order chi connectivity index (χ0) is 31.6. The predicted octanol–water partition coefficient (Wildman–Crippen LogP) is 4.56. The van der Waals surface area contributed by atoms with Crippen molar-refractivity contribution in [2.24, 2.45) is 0 Å². The summed E-state index contributed by atoms with van der Waals surface area (Å²) in [5.41, 5.74) is 6.85. The highest BCUT2D eigenvalue weighted by molar-refractivity contribution is 5.99. The maximum absolute atomic E-state index is 15.6. The van der Waals surface area contributed by atoms with Gasteiger partial charge in [0.25, 0.3) is 5.91 Å². The Morgan fingerprint density at radius 3 is 2.67 bits per heavy atom. The minimum atomic E-state index is -0.539. The Morgan fingerprint density at radius 2 is 1.93 bits per heavy atom. The van der Waals surface area contributed by atoms with Crippen LogP contribution in [0.5, 0.6) is 11.5 Å². The van der Waals surface area contributed by atoms with Crippen LogP contribution in [-0.4, -0.2) is 79.9 Å². The van der Waals surface area contributed by atoms with Crippen LogP contribution in [0.4, 0.5) is 10.2 Å². The maximum atomic E-state index is 15.6. The zero-order valence-corrected chi connectivity index (χ0v) is 25.3. The standard InChI is InChI=1S/C33H35FN8O3/c1-33(2,40-13-15-44-16-14-40)18-22(19-35)32(43)41-12-6-7-23(41)20-42-31-28(30(36)37-21-38-31)29(39-42)26-11-10-25(17-27(26)34)45-24-8-4-3-5-9-24/h3-5,8-11,17-18,21,23H,6-7,12-16,20H2,1-2H3,(H2,36,37,38)/b22-18+. The first kappa shape index (κ1) is 30.2. The zero-order valence-electron chi connectivity index (χ0n) is 25.3. The number of anilines is 1. The number of ether oxygens (including phenoxy) is 2. The number of hydrogen-bond donors (Lipinski definition) is 1. The Hall–Kier alpha value is -4.86. The minimum Gasteiger partial charge on any atom is -0.457 e. The molecule has 11 nitrogen and oxygen atoms in total. The van der Waals surface area contributed by atoms with E-state index in [4.69, 9.17) is 20.3 Å². The first-order valence-corrected chi connectivity index (χ1v) is 15.0. The fourth-order valence-electron chi connectivity index (χ4n) is 6.10. The number of benzene rings is 2. The summed E-state index contributed by atoms with van der Waals surface area (Å²) < 4.78 is 28.5. The number of carbonyl (C=O) groups is 1. The lowest BCUT2D eigenvalue weighted by Crippen LogP contribution is -2.49. The molecule has 0 bridgehead atoms. The number of carbonyl (C=O) groups excluding carboxylic acids is 1. The molecule has 2 aromatic carbocycles. The summed E-state index contributed by atoms with van der Waals surface area (Å²) in [7, 11) is 0. The van der Waals surface area contributed by atoms with Gasteiger partial charge in [-0.05, 0) is 57.0 Å². The van der Waals surface area contributed by atoms with Gasteiger partial charge in [0.05, 0.1) is 31.2 Å². The molecule has 1 atom stereocenters. The third-order valence-corrected chi connectivity index (χ3v) is 8.43. The summed E-state index contributed by atoms with van der Waals surface area (Å²) in [6.07, 6.45) is 4.60. The van der Waals surface area contributed by atoms with Crippen molar-refractivity contribution >= 4 is 22.8 Å². The number of aromatic nitrogens is 4. The highest BCUT2D eigenvalue weighted by atomic mass is 19.1. The van der Waals surface area contributed by atoms with Crippen LogP contribution in [0.15, 0.2) is 66.5 Å². The lowest BCUT2D eigenvalue weighted by Gasteiger charge is -2.39. The fourth-order valence-corrected chi connectivity index (χ4v) is 6.10. The maximum Gasteiger partial charge on any atom is 0.264 e. The molecule has 12 heteroatoms. The number of nitrogens with zero attached hydrogens (tertiary/aromatic N) is 7. The van der Waals surface area contributed by atoms with Crippen molar-refractivity contribution in [3.63, 3.8) is 0 Å². The summed E-state index contributed by atoms with van der Waals surface area (Å²) in [5.74, 6) is 0.250. The van der Waals surface area contributed by atoms with Gasteiger partial charge in [0, 0.05) is 36.8 Å². The van der Waals surface area contributed by atoms with Crippen molar-refractivity contribution in [2.75, 3.05) is 38.6 Å². The van der Waals surface area contributed by atoms with E-state index in [9.17, 15) is 10.1 Å². The Balaban J connectivity index is 1.28. The molecule has 6 rings (SSSR count). The lowest BCUT2D eigenvalue weighted by atomic mass is 9.97. The molecule has 4 aromatic rings. The second-order valence-electron chi connectivity index (χ2n) is 11.8. The van der Waals surface area contributed by atoms with Gasteiger partial charge in [0.2, 0.25) is 0 Å². The van der Waals surface area contributed by atoms with Gasteiger partial charge in [-0.1, -0.05) is 18.2 Å². The second kappa shape index (κ2) is 12.6. The molecule has 1 unspecified atom stereocenters. The number of morpholine rings is 1. The van der Waals surface area contributed by atoms with Crippen LogP contribution in [0.3, 0.4) is 0 Å². The largest absolute Gasteiger partial charge is 0.457 e. The molecule has 0 saturated carbocycles. The number of nitrogen functional groups attached to an aromatic ring is 1. The number of likely N-dealkylation sites (tertiary alicyclic amines) is 1. The van der Waals surface area contributed by atoms with Crippen molar-refractivity contribution in [3.8, 4) is 28.8 Å². The van der Waals surface area contributed by atoms with Crippen molar-refractivity contribution in [1.29, 1.82) is 5.26 Å². The smallest absolute Gasteiger partial charge is 0.264 e. The van der Waals surface area contributed by atoms with Gasteiger partial charge < -0.3 is 20.1 Å². The van der Waals surface area contributed by atoms with Gasteiger partial charge in [-0.2, -0.15) is 10.4 Å². The first-order chi connectivity index (χ1) is 21.7. The second-order valence-corrected chi connectivity index (χ2v) is 11.8. The van der Waals surface area contributed by atoms with E-state index in [1.165, 1.54) is 12.4 Å². The van der Waals surface area contributed by atoms with Gasteiger partial charge in [0.15, 0.2) is 5.65 Å². The van der Waals surface area contributed by atoms with Crippen LogP contribution in [-0.2, 0) is 16.1 Å². The molecule has 45 heavy (non-hydrogen) atoms. The normalized spacial score (nSPS) is 17.9. The summed E-state index contributed by atoms with van der Waals surface area (Å²) in [6, 6.07) is 15.6. The van der Waals surface area contributed by atoms with E-state index >= 15 is 4.39 Å². The Kier molecular flexibility index (Phi) is 8.47. The Labute approximate surface area is 260 Å².